The van der Waals surface area contributed by atoms with Crippen LogP contribution in [0.25, 0.3) is 0 Å². The van der Waals surface area contributed by atoms with Crippen molar-refractivity contribution in [1.82, 2.24) is 15.6 Å². The van der Waals surface area contributed by atoms with E-state index in [1.54, 1.807) is 6.26 Å². The monoisotopic (exact) mass is 506 g/mol. The lowest BCUT2D eigenvalue weighted by atomic mass is 9.81. The Balaban J connectivity index is 1.11. The quantitative estimate of drug-likeness (QED) is 0.602. The molecule has 3 unspecified atom stereocenters. The molecule has 0 aromatic carbocycles. The molecule has 38 heavy (non-hydrogen) atoms. The fourth-order valence-electron chi connectivity index (χ4n) is 6.37. The average molecular weight is 507 g/mol. The average Bonchev–Trinajstić information content (AvgIpc) is 3.63. The van der Waals surface area contributed by atoms with E-state index in [1.165, 1.54) is 46.3 Å². The van der Waals surface area contributed by atoms with Gasteiger partial charge < -0.3 is 20.1 Å². The van der Waals surface area contributed by atoms with Gasteiger partial charge in [-0.2, -0.15) is 5.10 Å². The molecule has 0 spiro atoms. The Kier molecular flexibility index (Phi) is 5.99. The predicted octanol–water partition coefficient (Wildman–Crippen LogP) is 4.79. The van der Waals surface area contributed by atoms with Crippen LogP contribution < -0.4 is 10.7 Å². The summed E-state index contributed by atoms with van der Waals surface area (Å²) >= 11 is 0. The summed E-state index contributed by atoms with van der Waals surface area (Å²) < 4.78 is 5.38. The largest absolute Gasteiger partial charge is 0.472 e. The lowest BCUT2D eigenvalue weighted by Gasteiger charge is -2.31. The molecule has 3 atom stereocenters. The minimum Gasteiger partial charge on any atom is -0.472 e. The molecular formula is C31H34N6O. The predicted molar refractivity (Wildman–Crippen MR) is 152 cm³/mol. The second kappa shape index (κ2) is 9.78. The van der Waals surface area contributed by atoms with E-state index in [4.69, 9.17) is 14.5 Å². The summed E-state index contributed by atoms with van der Waals surface area (Å²) in [5.74, 6) is 0.565. The van der Waals surface area contributed by atoms with E-state index in [1.807, 2.05) is 12.5 Å². The highest BCUT2D eigenvalue weighted by Crippen LogP contribution is 2.38. The summed E-state index contributed by atoms with van der Waals surface area (Å²) in [5.41, 5.74) is 14.5. The van der Waals surface area contributed by atoms with Gasteiger partial charge in [0.2, 0.25) is 0 Å². The van der Waals surface area contributed by atoms with Crippen LogP contribution in [0.3, 0.4) is 0 Å². The number of hydrogen-bond donors (Lipinski definition) is 2. The number of hydrazone groups is 1. The van der Waals surface area contributed by atoms with Gasteiger partial charge in [0.1, 0.15) is 5.71 Å². The number of fused-ring (bicyclic) bond motifs is 1. The summed E-state index contributed by atoms with van der Waals surface area (Å²) in [6.45, 7) is 5.85. The zero-order valence-electron chi connectivity index (χ0n) is 21.9. The van der Waals surface area contributed by atoms with Crippen LogP contribution in [0.15, 0.2) is 108 Å². The van der Waals surface area contributed by atoms with Crippen molar-refractivity contribution >= 4 is 18.1 Å². The molecule has 0 saturated carbocycles. The van der Waals surface area contributed by atoms with Gasteiger partial charge in [0.15, 0.2) is 0 Å². The van der Waals surface area contributed by atoms with Gasteiger partial charge in [0, 0.05) is 56.0 Å². The van der Waals surface area contributed by atoms with Crippen molar-refractivity contribution in [3.05, 3.63) is 93.9 Å². The molecule has 1 aliphatic carbocycles. The number of hydrogen-bond acceptors (Lipinski definition) is 7. The summed E-state index contributed by atoms with van der Waals surface area (Å²) in [6, 6.07) is 2.28. The Hall–Kier alpha value is -3.87. The molecule has 0 saturated heterocycles. The van der Waals surface area contributed by atoms with E-state index >= 15 is 0 Å². The van der Waals surface area contributed by atoms with Gasteiger partial charge in [-0.05, 0) is 72.7 Å². The first-order valence-electron chi connectivity index (χ1n) is 13.8. The molecular weight excluding hydrogens is 472 g/mol. The van der Waals surface area contributed by atoms with Crippen LogP contribution in [0.2, 0.25) is 0 Å². The molecule has 5 aliphatic heterocycles. The molecule has 7 rings (SSSR count). The van der Waals surface area contributed by atoms with Crippen LogP contribution in [-0.2, 0) is 0 Å². The number of furan rings is 1. The third kappa shape index (κ3) is 4.30. The maximum Gasteiger partial charge on any atom is 0.112 e. The van der Waals surface area contributed by atoms with Gasteiger partial charge in [-0.15, -0.1) is 0 Å². The maximum absolute atomic E-state index is 5.38. The number of nitrogens with one attached hydrogen (secondary N) is 2. The smallest absolute Gasteiger partial charge is 0.112 e. The van der Waals surface area contributed by atoms with Crippen LogP contribution in [0, 0.1) is 5.92 Å². The number of aliphatic imine (C=N–C) groups is 2. The SMILES string of the molecule is CC1=C(C2=NNC3CC=C(C4C=C(CN5C=CCCC5)C=NC4)C=C23)NC2=C(C1)C(c1ccoc1)CN=C2. The van der Waals surface area contributed by atoms with Gasteiger partial charge in [0.25, 0.3) is 0 Å². The number of rotatable bonds is 5. The Bertz CT molecular complexity index is 1400. The van der Waals surface area contributed by atoms with E-state index < -0.39 is 0 Å². The van der Waals surface area contributed by atoms with Gasteiger partial charge in [-0.1, -0.05) is 24.3 Å². The molecule has 7 nitrogen and oxygen atoms in total. The highest BCUT2D eigenvalue weighted by Gasteiger charge is 2.35. The van der Waals surface area contributed by atoms with Gasteiger partial charge in [-0.25, -0.2) is 0 Å². The van der Waals surface area contributed by atoms with Crippen molar-refractivity contribution in [1.29, 1.82) is 0 Å². The molecule has 0 amide bonds. The third-order valence-corrected chi connectivity index (χ3v) is 8.41. The van der Waals surface area contributed by atoms with Gasteiger partial charge in [0.05, 0.1) is 30.0 Å². The molecule has 1 aromatic heterocycles. The van der Waals surface area contributed by atoms with Crippen LogP contribution in [0.5, 0.6) is 0 Å². The van der Waals surface area contributed by atoms with E-state index in [-0.39, 0.29) is 12.0 Å². The molecule has 1 aromatic rings. The Labute approximate surface area is 223 Å². The summed E-state index contributed by atoms with van der Waals surface area (Å²) in [7, 11) is 0. The first-order valence-corrected chi connectivity index (χ1v) is 13.8. The number of allylic oxidation sites excluding steroid dienone is 5. The summed E-state index contributed by atoms with van der Waals surface area (Å²) in [6.07, 6.45) is 23.6. The van der Waals surface area contributed by atoms with Crippen molar-refractivity contribution < 1.29 is 4.42 Å². The van der Waals surface area contributed by atoms with Crippen molar-refractivity contribution in [3.63, 3.8) is 0 Å². The standard InChI is InChI=1S/C31H34N6O/c1-20-11-25-27(23-7-10-38-19-23)16-33-17-29(25)34-30(20)31-26-13-22(5-6-28(26)35-36-31)24-12-21(14-32-15-24)18-37-8-3-2-4-9-37/h3,5,7-8,10,12-14,17,19,24,27-28,34-35H,2,4,6,9,11,15-16,18H2,1H3. The Morgan fingerprint density at radius 2 is 2.13 bits per heavy atom. The molecule has 7 heteroatoms. The second-order valence-electron chi connectivity index (χ2n) is 11.0. The number of nitrogens with zero attached hydrogens (tertiary/aromatic N) is 4. The van der Waals surface area contributed by atoms with Crippen molar-refractivity contribution in [2.24, 2.45) is 21.0 Å². The molecule has 2 N–H and O–H groups in total. The molecule has 194 valence electrons. The highest BCUT2D eigenvalue weighted by molar-refractivity contribution is 6.15. The first-order chi connectivity index (χ1) is 18.7. The minimum atomic E-state index is 0.221. The Morgan fingerprint density at radius 3 is 3.00 bits per heavy atom. The summed E-state index contributed by atoms with van der Waals surface area (Å²) in [5, 5.41) is 8.56. The second-order valence-corrected chi connectivity index (χ2v) is 11.0. The van der Waals surface area contributed by atoms with E-state index in [0.29, 0.717) is 5.92 Å². The lowest BCUT2D eigenvalue weighted by molar-refractivity contribution is 0.385. The molecule has 0 radical (unpaired) electrons. The van der Waals surface area contributed by atoms with Crippen molar-refractivity contribution in [2.45, 2.75) is 44.6 Å². The van der Waals surface area contributed by atoms with Gasteiger partial charge in [-0.3, -0.25) is 9.98 Å². The van der Waals surface area contributed by atoms with Crippen LogP contribution in [-0.4, -0.2) is 55.3 Å². The zero-order valence-corrected chi connectivity index (χ0v) is 21.9. The normalized spacial score (nSPS) is 28.2. The molecule has 0 fully saturated rings. The molecule has 6 heterocycles. The molecule has 0 bridgehead atoms. The Morgan fingerprint density at radius 1 is 1.18 bits per heavy atom. The lowest BCUT2D eigenvalue weighted by Crippen LogP contribution is -2.32. The van der Waals surface area contributed by atoms with E-state index in [9.17, 15) is 0 Å². The molecule has 6 aliphatic rings. The van der Waals surface area contributed by atoms with Crippen molar-refractivity contribution in [3.8, 4) is 0 Å². The number of dihydropyridines is 3. The van der Waals surface area contributed by atoms with Crippen LogP contribution in [0.1, 0.15) is 44.1 Å². The zero-order chi connectivity index (χ0) is 25.5. The van der Waals surface area contributed by atoms with E-state index in [2.05, 4.69) is 70.3 Å². The van der Waals surface area contributed by atoms with Crippen LogP contribution in [0.4, 0.5) is 0 Å². The maximum atomic E-state index is 5.38. The van der Waals surface area contributed by atoms with Crippen molar-refractivity contribution in [2.75, 3.05) is 26.2 Å². The summed E-state index contributed by atoms with van der Waals surface area (Å²) in [4.78, 5) is 11.8. The highest BCUT2D eigenvalue weighted by atomic mass is 16.3. The van der Waals surface area contributed by atoms with E-state index in [0.717, 1.165) is 56.1 Å². The van der Waals surface area contributed by atoms with Gasteiger partial charge >= 0.3 is 0 Å². The third-order valence-electron chi connectivity index (χ3n) is 8.41. The fraction of sp³-hybridized carbons (Fsp3) is 0.387. The fourth-order valence-corrected chi connectivity index (χ4v) is 6.37. The van der Waals surface area contributed by atoms with Crippen LogP contribution >= 0.6 is 0 Å². The minimum absolute atomic E-state index is 0.221. The topological polar surface area (TPSA) is 77.5 Å². The first kappa shape index (κ1) is 23.3.